The standard InChI is InChI=1S/C15H22FNO/c1-5-14(18)13(17-15(2,3)4)10-11-6-8-12(16)9-7-11/h6-9,13,17H,5,10H2,1-4H3/t13-/m0/s1. The molecular formula is C15H22FNO. The molecule has 0 radical (unpaired) electrons. The van der Waals surface area contributed by atoms with E-state index in [-0.39, 0.29) is 23.2 Å². The Labute approximate surface area is 109 Å². The van der Waals surface area contributed by atoms with E-state index in [1.165, 1.54) is 12.1 Å². The molecule has 3 heteroatoms. The number of ketones is 1. The summed E-state index contributed by atoms with van der Waals surface area (Å²) in [5.41, 5.74) is 0.857. The molecule has 1 aromatic rings. The molecule has 0 amide bonds. The number of carbonyl (C=O) groups is 1. The summed E-state index contributed by atoms with van der Waals surface area (Å²) in [6, 6.07) is 6.12. The van der Waals surface area contributed by atoms with Gasteiger partial charge < -0.3 is 5.32 Å². The number of rotatable bonds is 5. The fourth-order valence-electron chi connectivity index (χ4n) is 1.87. The van der Waals surface area contributed by atoms with Gasteiger partial charge in [-0.2, -0.15) is 0 Å². The van der Waals surface area contributed by atoms with Gasteiger partial charge in [-0.15, -0.1) is 0 Å². The van der Waals surface area contributed by atoms with Crippen LogP contribution < -0.4 is 5.32 Å². The number of benzene rings is 1. The van der Waals surface area contributed by atoms with E-state index < -0.39 is 0 Å². The molecule has 0 saturated heterocycles. The molecule has 0 unspecified atom stereocenters. The molecular weight excluding hydrogens is 229 g/mol. The smallest absolute Gasteiger partial charge is 0.149 e. The number of nitrogens with one attached hydrogen (secondary N) is 1. The van der Waals surface area contributed by atoms with Crippen molar-refractivity contribution < 1.29 is 9.18 Å². The zero-order valence-electron chi connectivity index (χ0n) is 11.6. The van der Waals surface area contributed by atoms with Crippen molar-refractivity contribution in [2.75, 3.05) is 0 Å². The lowest BCUT2D eigenvalue weighted by molar-refractivity contribution is -0.121. The van der Waals surface area contributed by atoms with Crippen molar-refractivity contribution >= 4 is 5.78 Å². The molecule has 0 spiro atoms. The van der Waals surface area contributed by atoms with Gasteiger partial charge in [0.25, 0.3) is 0 Å². The maximum Gasteiger partial charge on any atom is 0.149 e. The summed E-state index contributed by atoms with van der Waals surface area (Å²) in [7, 11) is 0. The molecule has 1 aromatic carbocycles. The Balaban J connectivity index is 2.78. The van der Waals surface area contributed by atoms with Gasteiger partial charge in [0, 0.05) is 12.0 Å². The maximum absolute atomic E-state index is 12.8. The van der Waals surface area contributed by atoms with E-state index in [0.29, 0.717) is 12.8 Å². The highest BCUT2D eigenvalue weighted by atomic mass is 19.1. The largest absolute Gasteiger partial charge is 0.302 e. The predicted octanol–water partition coefficient (Wildman–Crippen LogP) is 3.10. The molecule has 1 N–H and O–H groups in total. The normalized spacial score (nSPS) is 13.4. The van der Waals surface area contributed by atoms with Gasteiger partial charge in [0.1, 0.15) is 11.6 Å². The molecule has 0 saturated carbocycles. The third-order valence-corrected chi connectivity index (χ3v) is 2.70. The van der Waals surface area contributed by atoms with E-state index in [9.17, 15) is 9.18 Å². The third kappa shape index (κ3) is 4.96. The highest BCUT2D eigenvalue weighted by Crippen LogP contribution is 2.11. The Morgan fingerprint density at radius 3 is 2.28 bits per heavy atom. The van der Waals surface area contributed by atoms with E-state index in [0.717, 1.165) is 5.56 Å². The van der Waals surface area contributed by atoms with Crippen LogP contribution in [0, 0.1) is 5.82 Å². The van der Waals surface area contributed by atoms with Crippen molar-refractivity contribution in [1.29, 1.82) is 0 Å². The van der Waals surface area contributed by atoms with Gasteiger partial charge in [0.15, 0.2) is 0 Å². The van der Waals surface area contributed by atoms with Crippen LogP contribution in [0.5, 0.6) is 0 Å². The van der Waals surface area contributed by atoms with Gasteiger partial charge in [-0.3, -0.25) is 4.79 Å². The highest BCUT2D eigenvalue weighted by Gasteiger charge is 2.22. The topological polar surface area (TPSA) is 29.1 Å². The lowest BCUT2D eigenvalue weighted by Gasteiger charge is -2.27. The number of hydrogen-bond donors (Lipinski definition) is 1. The van der Waals surface area contributed by atoms with Gasteiger partial charge in [0.05, 0.1) is 6.04 Å². The monoisotopic (exact) mass is 251 g/mol. The summed E-state index contributed by atoms with van der Waals surface area (Å²) in [6.45, 7) is 7.97. The van der Waals surface area contributed by atoms with E-state index in [2.05, 4.69) is 5.32 Å². The van der Waals surface area contributed by atoms with Crippen LogP contribution in [-0.4, -0.2) is 17.4 Å². The molecule has 1 atom stereocenters. The first kappa shape index (κ1) is 14.8. The van der Waals surface area contributed by atoms with Crippen LogP contribution in [-0.2, 0) is 11.2 Å². The Hall–Kier alpha value is -1.22. The molecule has 0 aliphatic rings. The van der Waals surface area contributed by atoms with Crippen LogP contribution >= 0.6 is 0 Å². The zero-order valence-corrected chi connectivity index (χ0v) is 11.6. The van der Waals surface area contributed by atoms with Crippen LogP contribution in [0.25, 0.3) is 0 Å². The Kier molecular flexibility index (Phi) is 5.03. The van der Waals surface area contributed by atoms with E-state index in [1.54, 1.807) is 12.1 Å². The molecule has 0 fully saturated rings. The SMILES string of the molecule is CCC(=O)[C@H](Cc1ccc(F)cc1)NC(C)(C)C. The molecule has 2 nitrogen and oxygen atoms in total. The minimum atomic E-state index is -0.249. The number of Topliss-reactive ketones (excluding diaryl/α,β-unsaturated/α-hetero) is 1. The number of halogens is 1. The molecule has 0 aliphatic heterocycles. The van der Waals surface area contributed by atoms with Crippen LogP contribution in [0.3, 0.4) is 0 Å². The maximum atomic E-state index is 12.8. The third-order valence-electron chi connectivity index (χ3n) is 2.70. The van der Waals surface area contributed by atoms with Gasteiger partial charge in [0.2, 0.25) is 0 Å². The minimum absolute atomic E-state index is 0.116. The molecule has 0 bridgehead atoms. The first-order chi connectivity index (χ1) is 8.31. The van der Waals surface area contributed by atoms with Gasteiger partial charge in [-0.05, 0) is 44.9 Å². The molecule has 1 rings (SSSR count). The molecule has 0 heterocycles. The van der Waals surface area contributed by atoms with E-state index in [1.807, 2.05) is 27.7 Å². The fourth-order valence-corrected chi connectivity index (χ4v) is 1.87. The number of hydrogen-bond acceptors (Lipinski definition) is 2. The van der Waals surface area contributed by atoms with Gasteiger partial charge in [-0.1, -0.05) is 19.1 Å². The predicted molar refractivity (Wildman–Crippen MR) is 72.1 cm³/mol. The highest BCUT2D eigenvalue weighted by molar-refractivity contribution is 5.84. The van der Waals surface area contributed by atoms with Crippen molar-refractivity contribution in [3.05, 3.63) is 35.6 Å². The second-order valence-corrected chi connectivity index (χ2v) is 5.60. The summed E-state index contributed by atoms with van der Waals surface area (Å²) < 4.78 is 12.8. The fraction of sp³-hybridized carbons (Fsp3) is 0.533. The average Bonchev–Trinajstić information content (AvgIpc) is 2.28. The lowest BCUT2D eigenvalue weighted by atomic mass is 9.97. The molecule has 0 aliphatic carbocycles. The van der Waals surface area contributed by atoms with Gasteiger partial charge >= 0.3 is 0 Å². The lowest BCUT2D eigenvalue weighted by Crippen LogP contribution is -2.48. The zero-order chi connectivity index (χ0) is 13.8. The van der Waals surface area contributed by atoms with Crippen molar-refractivity contribution in [3.63, 3.8) is 0 Å². The summed E-state index contributed by atoms with van der Waals surface area (Å²) in [6.07, 6.45) is 1.11. The van der Waals surface area contributed by atoms with E-state index >= 15 is 0 Å². The van der Waals surface area contributed by atoms with Crippen LogP contribution in [0.1, 0.15) is 39.7 Å². The van der Waals surface area contributed by atoms with Crippen LogP contribution in [0.15, 0.2) is 24.3 Å². The Bertz CT molecular complexity index is 392. The number of carbonyl (C=O) groups excluding carboxylic acids is 1. The summed E-state index contributed by atoms with van der Waals surface area (Å²) >= 11 is 0. The Morgan fingerprint density at radius 1 is 1.28 bits per heavy atom. The van der Waals surface area contributed by atoms with Crippen molar-refractivity contribution in [3.8, 4) is 0 Å². The molecule has 18 heavy (non-hydrogen) atoms. The van der Waals surface area contributed by atoms with E-state index in [4.69, 9.17) is 0 Å². The summed E-state index contributed by atoms with van der Waals surface area (Å²) in [5, 5.41) is 3.33. The first-order valence-electron chi connectivity index (χ1n) is 6.36. The van der Waals surface area contributed by atoms with Crippen LogP contribution in [0.2, 0.25) is 0 Å². The van der Waals surface area contributed by atoms with Crippen molar-refractivity contribution in [2.45, 2.75) is 52.1 Å². The molecule has 0 aromatic heterocycles. The summed E-state index contributed by atoms with van der Waals surface area (Å²) in [5.74, 6) is -0.0600. The van der Waals surface area contributed by atoms with Gasteiger partial charge in [-0.25, -0.2) is 4.39 Å². The average molecular weight is 251 g/mol. The first-order valence-corrected chi connectivity index (χ1v) is 6.36. The van der Waals surface area contributed by atoms with Crippen molar-refractivity contribution in [2.24, 2.45) is 0 Å². The quantitative estimate of drug-likeness (QED) is 0.871. The second kappa shape index (κ2) is 6.10. The van der Waals surface area contributed by atoms with Crippen LogP contribution in [0.4, 0.5) is 4.39 Å². The molecule has 100 valence electrons. The second-order valence-electron chi connectivity index (χ2n) is 5.60. The van der Waals surface area contributed by atoms with Crippen molar-refractivity contribution in [1.82, 2.24) is 5.32 Å². The minimum Gasteiger partial charge on any atom is -0.302 e. The summed E-state index contributed by atoms with van der Waals surface area (Å²) in [4.78, 5) is 11.9. The Morgan fingerprint density at radius 2 is 1.83 bits per heavy atom.